The van der Waals surface area contributed by atoms with E-state index >= 15 is 0 Å². The van der Waals surface area contributed by atoms with Crippen molar-refractivity contribution in [2.75, 3.05) is 10.6 Å². The molecule has 264 valence electrons. The minimum absolute atomic E-state index is 0.0000738. The number of carbonyl (C=O) groups is 2. The number of nitrogens with zero attached hydrogens (tertiary/aromatic N) is 6. The van der Waals surface area contributed by atoms with Gasteiger partial charge in [-0.25, -0.2) is 9.97 Å². The molecule has 52 heavy (non-hydrogen) atoms. The Hall–Kier alpha value is -6.04. The lowest BCUT2D eigenvalue weighted by atomic mass is 9.99. The molecule has 2 amide bonds. The lowest BCUT2D eigenvalue weighted by Crippen LogP contribution is -2.20. The summed E-state index contributed by atoms with van der Waals surface area (Å²) in [5.74, 6) is 1.17. The van der Waals surface area contributed by atoms with E-state index in [1.807, 2.05) is 52.0 Å². The number of hydrogen-bond acceptors (Lipinski definition) is 8. The Labute approximate surface area is 300 Å². The van der Waals surface area contributed by atoms with E-state index in [2.05, 4.69) is 30.6 Å². The van der Waals surface area contributed by atoms with Crippen LogP contribution in [-0.4, -0.2) is 40.9 Å². The summed E-state index contributed by atoms with van der Waals surface area (Å²) in [6, 6.07) is 11.1. The molecule has 0 spiro atoms. The van der Waals surface area contributed by atoms with Crippen LogP contribution in [0.2, 0.25) is 0 Å². The van der Waals surface area contributed by atoms with Gasteiger partial charge in [-0.2, -0.15) is 0 Å². The second-order valence-electron chi connectivity index (χ2n) is 13.9. The summed E-state index contributed by atoms with van der Waals surface area (Å²) in [6.07, 6.45) is 10.6. The molecular weight excluding hydrogens is 656 g/mol. The standard InChI is InChI=1S/2C20H20N4O2/c1-11-6-12(2)21-10-16(11)15-7-14-9-22-18(23-19(25)13-4-5-13)8-17(14)24(3)20(15)26;1-11-6-7-21-12(2)18(11)15-8-14-10-22-17(23-19(25)13-4-5-13)9-16(14)24(3)20(15)26/h2*6-10,13H,4-5H2,1-3H3,(H,22,23,25). The lowest BCUT2D eigenvalue weighted by molar-refractivity contribution is -0.118. The molecule has 0 aliphatic heterocycles. The van der Waals surface area contributed by atoms with Crippen LogP contribution in [0.15, 0.2) is 70.8 Å². The quantitative estimate of drug-likeness (QED) is 0.218. The molecule has 2 saturated carbocycles. The summed E-state index contributed by atoms with van der Waals surface area (Å²) in [6.45, 7) is 7.78. The van der Waals surface area contributed by atoms with E-state index in [4.69, 9.17) is 0 Å². The molecule has 0 aromatic carbocycles. The maximum absolute atomic E-state index is 13.0. The van der Waals surface area contributed by atoms with Crippen molar-refractivity contribution >= 4 is 45.3 Å². The minimum Gasteiger partial charge on any atom is -0.311 e. The fraction of sp³-hybridized carbons (Fsp3) is 0.300. The van der Waals surface area contributed by atoms with Crippen LogP contribution in [0.5, 0.6) is 0 Å². The van der Waals surface area contributed by atoms with Gasteiger partial charge in [0.2, 0.25) is 11.8 Å². The zero-order chi connectivity index (χ0) is 36.8. The van der Waals surface area contributed by atoms with E-state index in [1.54, 1.807) is 60.1 Å². The summed E-state index contributed by atoms with van der Waals surface area (Å²) < 4.78 is 3.20. The van der Waals surface area contributed by atoms with Crippen molar-refractivity contribution in [3.05, 3.63) is 104 Å². The van der Waals surface area contributed by atoms with Gasteiger partial charge in [-0.3, -0.25) is 29.1 Å². The van der Waals surface area contributed by atoms with Crippen LogP contribution in [0.4, 0.5) is 11.6 Å². The van der Waals surface area contributed by atoms with Crippen LogP contribution in [0.1, 0.15) is 48.2 Å². The number of anilines is 2. The first-order chi connectivity index (χ1) is 24.9. The second-order valence-corrected chi connectivity index (χ2v) is 13.9. The van der Waals surface area contributed by atoms with E-state index < -0.39 is 0 Å². The van der Waals surface area contributed by atoms with Gasteiger partial charge in [-0.1, -0.05) is 0 Å². The molecule has 6 aromatic heterocycles. The largest absolute Gasteiger partial charge is 0.311 e. The van der Waals surface area contributed by atoms with Crippen molar-refractivity contribution < 1.29 is 9.59 Å². The maximum Gasteiger partial charge on any atom is 0.258 e. The number of amides is 2. The first-order valence-electron chi connectivity index (χ1n) is 17.4. The SMILES string of the molecule is Cc1cc(C)c(-c2cc3cnc(NC(=O)C4CC4)cc3n(C)c2=O)cn1.Cc1ccnc(C)c1-c1cc2cnc(NC(=O)C3CC3)cc2n(C)c1=O. The summed E-state index contributed by atoms with van der Waals surface area (Å²) in [5.41, 5.74) is 7.93. The van der Waals surface area contributed by atoms with E-state index in [0.717, 1.165) is 81.1 Å². The first-order valence-corrected chi connectivity index (χ1v) is 17.4. The Morgan fingerprint density at radius 3 is 1.65 bits per heavy atom. The lowest BCUT2D eigenvalue weighted by Gasteiger charge is -2.13. The summed E-state index contributed by atoms with van der Waals surface area (Å²) >= 11 is 0. The van der Waals surface area contributed by atoms with Gasteiger partial charge < -0.3 is 19.8 Å². The van der Waals surface area contributed by atoms with Gasteiger partial charge in [0, 0.05) is 107 Å². The number of carbonyl (C=O) groups excluding carboxylic acids is 2. The third kappa shape index (κ3) is 6.83. The summed E-state index contributed by atoms with van der Waals surface area (Å²) in [7, 11) is 3.47. The van der Waals surface area contributed by atoms with Gasteiger partial charge in [-0.15, -0.1) is 0 Å². The fourth-order valence-electron chi connectivity index (χ4n) is 6.46. The van der Waals surface area contributed by atoms with Gasteiger partial charge in [-0.05, 0) is 88.8 Å². The zero-order valence-electron chi connectivity index (χ0n) is 30.1. The number of hydrogen-bond donors (Lipinski definition) is 2. The highest BCUT2D eigenvalue weighted by atomic mass is 16.2. The van der Waals surface area contributed by atoms with E-state index in [9.17, 15) is 19.2 Å². The molecule has 12 nitrogen and oxygen atoms in total. The molecule has 2 aliphatic carbocycles. The number of fused-ring (bicyclic) bond motifs is 2. The van der Waals surface area contributed by atoms with Crippen molar-refractivity contribution in [3.8, 4) is 22.3 Å². The molecule has 0 radical (unpaired) electrons. The van der Waals surface area contributed by atoms with Gasteiger partial charge in [0.05, 0.1) is 11.0 Å². The number of rotatable bonds is 6. The minimum atomic E-state index is -0.100. The average molecular weight is 697 g/mol. The van der Waals surface area contributed by atoms with Crippen molar-refractivity contribution in [2.24, 2.45) is 25.9 Å². The van der Waals surface area contributed by atoms with E-state index in [0.29, 0.717) is 22.8 Å². The molecule has 0 bridgehead atoms. The predicted octanol–water partition coefficient (Wildman–Crippen LogP) is 5.92. The number of aromatic nitrogens is 6. The molecule has 6 aromatic rings. The Morgan fingerprint density at radius 1 is 0.635 bits per heavy atom. The summed E-state index contributed by atoms with van der Waals surface area (Å²) in [5, 5.41) is 7.34. The molecular formula is C40H40N8O4. The Bertz CT molecular complexity index is 2530. The van der Waals surface area contributed by atoms with Crippen LogP contribution < -0.4 is 21.8 Å². The summed E-state index contributed by atoms with van der Waals surface area (Å²) in [4.78, 5) is 67.1. The Morgan fingerprint density at radius 2 is 1.15 bits per heavy atom. The number of pyridine rings is 6. The van der Waals surface area contributed by atoms with Crippen molar-refractivity contribution in [1.82, 2.24) is 29.1 Å². The van der Waals surface area contributed by atoms with Crippen molar-refractivity contribution in [2.45, 2.75) is 53.4 Å². The highest BCUT2D eigenvalue weighted by Gasteiger charge is 2.30. The smallest absolute Gasteiger partial charge is 0.258 e. The topological polar surface area (TPSA) is 154 Å². The molecule has 2 fully saturated rings. The van der Waals surface area contributed by atoms with Gasteiger partial charge in [0.25, 0.3) is 11.1 Å². The number of nitrogens with one attached hydrogen (secondary N) is 2. The normalized spacial score (nSPS) is 13.8. The molecule has 0 unspecified atom stereocenters. The van der Waals surface area contributed by atoms with Crippen LogP contribution in [-0.2, 0) is 23.7 Å². The highest BCUT2D eigenvalue weighted by molar-refractivity contribution is 5.96. The molecule has 2 N–H and O–H groups in total. The Balaban J connectivity index is 0.000000162. The van der Waals surface area contributed by atoms with Crippen molar-refractivity contribution in [3.63, 3.8) is 0 Å². The van der Waals surface area contributed by atoms with Crippen LogP contribution in [0.25, 0.3) is 44.1 Å². The fourth-order valence-corrected chi connectivity index (χ4v) is 6.46. The zero-order valence-corrected chi connectivity index (χ0v) is 30.1. The average Bonchev–Trinajstić information content (AvgIpc) is 4.03. The Kier molecular flexibility index (Phi) is 8.99. The third-order valence-electron chi connectivity index (χ3n) is 9.77. The van der Waals surface area contributed by atoms with Crippen LogP contribution >= 0.6 is 0 Å². The second kappa shape index (κ2) is 13.6. The molecule has 8 rings (SSSR count). The van der Waals surface area contributed by atoms with E-state index in [1.165, 1.54) is 0 Å². The van der Waals surface area contributed by atoms with Crippen molar-refractivity contribution in [1.29, 1.82) is 0 Å². The molecule has 2 aliphatic rings. The molecule has 0 saturated heterocycles. The molecule has 6 heterocycles. The first kappa shape index (κ1) is 34.4. The van der Waals surface area contributed by atoms with Gasteiger partial charge >= 0.3 is 0 Å². The van der Waals surface area contributed by atoms with Gasteiger partial charge in [0.15, 0.2) is 0 Å². The highest BCUT2D eigenvalue weighted by Crippen LogP contribution is 2.32. The monoisotopic (exact) mass is 696 g/mol. The van der Waals surface area contributed by atoms with Crippen LogP contribution in [0, 0.1) is 39.5 Å². The third-order valence-corrected chi connectivity index (χ3v) is 9.77. The number of aryl methyl sites for hydroxylation is 6. The molecule has 12 heteroatoms. The molecule has 0 atom stereocenters. The maximum atomic E-state index is 13.0. The predicted molar refractivity (Wildman–Crippen MR) is 202 cm³/mol. The van der Waals surface area contributed by atoms with Crippen LogP contribution in [0.3, 0.4) is 0 Å². The van der Waals surface area contributed by atoms with E-state index in [-0.39, 0.29) is 34.8 Å². The van der Waals surface area contributed by atoms with Gasteiger partial charge in [0.1, 0.15) is 11.6 Å².